The fourth-order valence-corrected chi connectivity index (χ4v) is 1.60. The Hall–Kier alpha value is -2.77. The Labute approximate surface area is 114 Å². The average molecular weight is 278 g/mol. The Morgan fingerprint density at radius 3 is 2.95 bits per heavy atom. The molecule has 2 aromatic rings. The van der Waals surface area contributed by atoms with E-state index in [-0.39, 0.29) is 13.0 Å². The number of aliphatic carboxylic acids is 1. The molecule has 0 aliphatic carbocycles. The number of nitrogens with zero attached hydrogens (tertiary/aromatic N) is 1. The second-order valence-corrected chi connectivity index (χ2v) is 4.13. The van der Waals surface area contributed by atoms with Crippen molar-refractivity contribution in [2.75, 3.05) is 0 Å². The second-order valence-electron chi connectivity index (χ2n) is 4.13. The van der Waals surface area contributed by atoms with Crippen LogP contribution in [0.3, 0.4) is 0 Å². The number of carboxylic acid groups (broad SMARTS) is 1. The maximum atomic E-state index is 11.6. The molecule has 0 saturated heterocycles. The molecule has 4 N–H and O–H groups in total. The first-order chi connectivity index (χ1) is 9.65. The maximum Gasteiger partial charge on any atom is 0.326 e. The van der Waals surface area contributed by atoms with Gasteiger partial charge in [-0.3, -0.25) is 0 Å². The second kappa shape index (κ2) is 6.41. The minimum absolute atomic E-state index is 0.133. The SMILES string of the molecule is O=C(NCc1ccoc1)NC(Cc1cnc[nH]1)C(=O)O. The third-order valence-corrected chi connectivity index (χ3v) is 2.62. The van der Waals surface area contributed by atoms with Crippen LogP contribution in [-0.4, -0.2) is 33.1 Å². The van der Waals surface area contributed by atoms with Crippen molar-refractivity contribution in [2.24, 2.45) is 0 Å². The molecule has 1 atom stereocenters. The Bertz CT molecular complexity index is 550. The van der Waals surface area contributed by atoms with Crippen molar-refractivity contribution < 1.29 is 19.1 Å². The quantitative estimate of drug-likeness (QED) is 0.613. The van der Waals surface area contributed by atoms with E-state index in [9.17, 15) is 9.59 Å². The van der Waals surface area contributed by atoms with Gasteiger partial charge in [0, 0.05) is 30.4 Å². The molecule has 0 saturated carbocycles. The lowest BCUT2D eigenvalue weighted by Crippen LogP contribution is -2.46. The first-order valence-corrected chi connectivity index (χ1v) is 5.90. The number of furan rings is 1. The molecular formula is C12H14N4O4. The maximum absolute atomic E-state index is 11.6. The van der Waals surface area contributed by atoms with Crippen LogP contribution in [0.2, 0.25) is 0 Å². The normalized spacial score (nSPS) is 11.8. The largest absolute Gasteiger partial charge is 0.480 e. The number of carbonyl (C=O) groups excluding carboxylic acids is 1. The molecule has 2 aromatic heterocycles. The number of imidazole rings is 1. The Kier molecular flexibility index (Phi) is 4.38. The van der Waals surface area contributed by atoms with Crippen molar-refractivity contribution in [2.45, 2.75) is 19.0 Å². The van der Waals surface area contributed by atoms with Gasteiger partial charge >= 0.3 is 12.0 Å². The topological polar surface area (TPSA) is 120 Å². The van der Waals surface area contributed by atoms with E-state index in [0.29, 0.717) is 5.69 Å². The van der Waals surface area contributed by atoms with Gasteiger partial charge in [0.25, 0.3) is 0 Å². The van der Waals surface area contributed by atoms with Crippen LogP contribution < -0.4 is 10.6 Å². The molecule has 2 rings (SSSR count). The molecule has 8 heteroatoms. The molecule has 0 aliphatic rings. The summed E-state index contributed by atoms with van der Waals surface area (Å²) in [4.78, 5) is 29.3. The van der Waals surface area contributed by atoms with Crippen molar-refractivity contribution in [3.05, 3.63) is 42.4 Å². The molecule has 2 heterocycles. The number of urea groups is 1. The first kappa shape index (κ1) is 13.7. The van der Waals surface area contributed by atoms with E-state index in [4.69, 9.17) is 9.52 Å². The Balaban J connectivity index is 1.84. The van der Waals surface area contributed by atoms with Crippen LogP contribution in [-0.2, 0) is 17.8 Å². The monoisotopic (exact) mass is 278 g/mol. The summed E-state index contributed by atoms with van der Waals surface area (Å²) in [5.74, 6) is -1.11. The van der Waals surface area contributed by atoms with Crippen LogP contribution in [0, 0.1) is 0 Å². The highest BCUT2D eigenvalue weighted by Gasteiger charge is 2.20. The van der Waals surface area contributed by atoms with Gasteiger partial charge in [-0.25, -0.2) is 14.6 Å². The number of hydrogen-bond donors (Lipinski definition) is 4. The molecule has 2 amide bonds. The molecule has 0 aliphatic heterocycles. The average Bonchev–Trinajstić information content (AvgIpc) is 3.08. The summed E-state index contributed by atoms with van der Waals surface area (Å²) >= 11 is 0. The third kappa shape index (κ3) is 3.87. The van der Waals surface area contributed by atoms with Gasteiger partial charge in [0.1, 0.15) is 6.04 Å². The number of rotatable bonds is 6. The number of aromatic amines is 1. The zero-order chi connectivity index (χ0) is 14.4. The highest BCUT2D eigenvalue weighted by atomic mass is 16.4. The van der Waals surface area contributed by atoms with Crippen molar-refractivity contribution in [3.63, 3.8) is 0 Å². The van der Waals surface area contributed by atoms with Gasteiger partial charge in [-0.1, -0.05) is 0 Å². The van der Waals surface area contributed by atoms with Gasteiger partial charge in [-0.2, -0.15) is 0 Å². The van der Waals surface area contributed by atoms with Crippen LogP contribution in [0.4, 0.5) is 4.79 Å². The number of carboxylic acids is 1. The molecule has 0 spiro atoms. The van der Waals surface area contributed by atoms with E-state index in [1.807, 2.05) is 0 Å². The first-order valence-electron chi connectivity index (χ1n) is 5.90. The smallest absolute Gasteiger partial charge is 0.326 e. The van der Waals surface area contributed by atoms with E-state index in [1.165, 1.54) is 25.1 Å². The standard InChI is InChI=1S/C12H14N4O4/c17-11(18)10(3-9-5-13-7-15-9)16-12(19)14-4-8-1-2-20-6-8/h1-2,5-7,10H,3-4H2,(H,13,15)(H,17,18)(H2,14,16,19). The van der Waals surface area contributed by atoms with E-state index in [1.54, 1.807) is 6.07 Å². The summed E-state index contributed by atoms with van der Waals surface area (Å²) in [6.07, 6.45) is 6.09. The number of hydrogen-bond acceptors (Lipinski definition) is 4. The zero-order valence-corrected chi connectivity index (χ0v) is 10.5. The summed E-state index contributed by atoms with van der Waals surface area (Å²) in [5, 5.41) is 14.0. The molecule has 20 heavy (non-hydrogen) atoms. The van der Waals surface area contributed by atoms with Crippen LogP contribution in [0.1, 0.15) is 11.3 Å². The summed E-state index contributed by atoms with van der Waals surface area (Å²) in [6, 6.07) is 0.123. The molecule has 106 valence electrons. The summed E-state index contributed by atoms with van der Waals surface area (Å²) < 4.78 is 4.86. The highest BCUT2D eigenvalue weighted by Crippen LogP contribution is 2.00. The number of H-pyrrole nitrogens is 1. The van der Waals surface area contributed by atoms with Crippen LogP contribution in [0.15, 0.2) is 35.5 Å². The van der Waals surface area contributed by atoms with E-state index >= 15 is 0 Å². The predicted octanol–water partition coefficient (Wildman–Crippen LogP) is 0.498. The summed E-state index contributed by atoms with van der Waals surface area (Å²) in [7, 11) is 0. The summed E-state index contributed by atoms with van der Waals surface area (Å²) in [5.41, 5.74) is 1.42. The lowest BCUT2D eigenvalue weighted by atomic mass is 10.2. The van der Waals surface area contributed by atoms with E-state index in [0.717, 1.165) is 5.56 Å². The van der Waals surface area contributed by atoms with Gasteiger partial charge in [0.05, 0.1) is 18.9 Å². The van der Waals surface area contributed by atoms with Gasteiger partial charge in [-0.15, -0.1) is 0 Å². The summed E-state index contributed by atoms with van der Waals surface area (Å²) in [6.45, 7) is 0.263. The zero-order valence-electron chi connectivity index (χ0n) is 10.5. The Morgan fingerprint density at radius 2 is 2.35 bits per heavy atom. The fraction of sp³-hybridized carbons (Fsp3) is 0.250. The fourth-order valence-electron chi connectivity index (χ4n) is 1.60. The van der Waals surface area contributed by atoms with Crippen LogP contribution in [0.25, 0.3) is 0 Å². The van der Waals surface area contributed by atoms with Gasteiger partial charge < -0.3 is 25.1 Å². The lowest BCUT2D eigenvalue weighted by molar-refractivity contribution is -0.139. The molecule has 0 fully saturated rings. The van der Waals surface area contributed by atoms with Crippen molar-refractivity contribution in [3.8, 4) is 0 Å². The van der Waals surface area contributed by atoms with E-state index in [2.05, 4.69) is 20.6 Å². The molecular weight excluding hydrogens is 264 g/mol. The third-order valence-electron chi connectivity index (χ3n) is 2.62. The van der Waals surface area contributed by atoms with E-state index < -0.39 is 18.0 Å². The lowest BCUT2D eigenvalue weighted by Gasteiger charge is -2.14. The molecule has 8 nitrogen and oxygen atoms in total. The molecule has 0 bridgehead atoms. The van der Waals surface area contributed by atoms with Crippen molar-refractivity contribution >= 4 is 12.0 Å². The number of amides is 2. The number of nitrogens with one attached hydrogen (secondary N) is 3. The number of carbonyl (C=O) groups is 2. The molecule has 0 aromatic carbocycles. The molecule has 0 radical (unpaired) electrons. The van der Waals surface area contributed by atoms with Crippen molar-refractivity contribution in [1.82, 2.24) is 20.6 Å². The van der Waals surface area contributed by atoms with Gasteiger partial charge in [0.2, 0.25) is 0 Å². The minimum Gasteiger partial charge on any atom is -0.480 e. The Morgan fingerprint density at radius 1 is 1.50 bits per heavy atom. The predicted molar refractivity (Wildman–Crippen MR) is 67.8 cm³/mol. The van der Waals surface area contributed by atoms with Crippen LogP contribution in [0.5, 0.6) is 0 Å². The molecule has 1 unspecified atom stereocenters. The van der Waals surface area contributed by atoms with Crippen molar-refractivity contribution in [1.29, 1.82) is 0 Å². The van der Waals surface area contributed by atoms with Gasteiger partial charge in [0.15, 0.2) is 0 Å². The minimum atomic E-state index is -1.11. The van der Waals surface area contributed by atoms with Crippen LogP contribution >= 0.6 is 0 Å². The number of aromatic nitrogens is 2. The highest BCUT2D eigenvalue weighted by molar-refractivity contribution is 5.82. The van der Waals surface area contributed by atoms with Gasteiger partial charge in [-0.05, 0) is 6.07 Å².